The molecule has 0 aromatic heterocycles. The summed E-state index contributed by atoms with van der Waals surface area (Å²) in [6.45, 7) is 2.72. The van der Waals surface area contributed by atoms with Crippen LogP contribution >= 0.6 is 12.4 Å². The number of halogens is 1. The number of nitrogens with one attached hydrogen (secondary N) is 2. The van der Waals surface area contributed by atoms with Crippen LogP contribution in [0, 0.1) is 0 Å². The summed E-state index contributed by atoms with van der Waals surface area (Å²) in [7, 11) is 1.85. The standard InChI is InChI=1S/C16H20N2O.ClH/c1-12(18-16(19)9-10-17-2)14-8-7-13-5-3-4-6-15(13)11-14;/h3-8,11-12,17H,9-10H2,1-2H3,(H,18,19);1H. The lowest BCUT2D eigenvalue weighted by molar-refractivity contribution is -0.121. The first-order valence-electron chi connectivity index (χ1n) is 6.63. The number of fused-ring (bicyclic) bond motifs is 1. The second-order valence-corrected chi connectivity index (χ2v) is 4.75. The third kappa shape index (κ3) is 4.22. The molecular formula is C16H21ClN2O. The highest BCUT2D eigenvalue weighted by Gasteiger charge is 2.09. The lowest BCUT2D eigenvalue weighted by atomic mass is 10.0. The molecule has 0 aliphatic heterocycles. The summed E-state index contributed by atoms with van der Waals surface area (Å²) in [5.41, 5.74) is 1.14. The van der Waals surface area contributed by atoms with E-state index in [0.717, 1.165) is 5.56 Å². The monoisotopic (exact) mass is 292 g/mol. The van der Waals surface area contributed by atoms with Crippen LogP contribution in [0.25, 0.3) is 10.8 Å². The first kappa shape index (κ1) is 16.5. The highest BCUT2D eigenvalue weighted by molar-refractivity contribution is 5.85. The van der Waals surface area contributed by atoms with Crippen LogP contribution in [0.15, 0.2) is 42.5 Å². The van der Waals surface area contributed by atoms with Gasteiger partial charge in [0.2, 0.25) is 5.91 Å². The molecular weight excluding hydrogens is 272 g/mol. The molecule has 0 aliphatic rings. The summed E-state index contributed by atoms with van der Waals surface area (Å²) in [5.74, 6) is 0.0787. The maximum absolute atomic E-state index is 11.7. The molecule has 2 rings (SSSR count). The number of carbonyl (C=O) groups excluding carboxylic acids is 1. The van der Waals surface area contributed by atoms with Crippen molar-refractivity contribution >= 4 is 29.1 Å². The van der Waals surface area contributed by atoms with Crippen LogP contribution in [0.5, 0.6) is 0 Å². The molecule has 0 spiro atoms. The van der Waals surface area contributed by atoms with Crippen LogP contribution in [-0.2, 0) is 4.79 Å². The quantitative estimate of drug-likeness (QED) is 0.889. The molecule has 0 saturated carbocycles. The summed E-state index contributed by atoms with van der Waals surface area (Å²) >= 11 is 0. The van der Waals surface area contributed by atoms with Crippen LogP contribution in [0.1, 0.15) is 24.9 Å². The van der Waals surface area contributed by atoms with Gasteiger partial charge in [-0.2, -0.15) is 0 Å². The Kier molecular flexibility index (Phi) is 6.49. The van der Waals surface area contributed by atoms with E-state index < -0.39 is 0 Å². The van der Waals surface area contributed by atoms with E-state index in [1.807, 2.05) is 26.1 Å². The van der Waals surface area contributed by atoms with Crippen LogP contribution < -0.4 is 10.6 Å². The van der Waals surface area contributed by atoms with Gasteiger partial charge in [0, 0.05) is 13.0 Å². The number of hydrogen-bond donors (Lipinski definition) is 2. The Balaban J connectivity index is 0.00000200. The van der Waals surface area contributed by atoms with Gasteiger partial charge in [0.25, 0.3) is 0 Å². The summed E-state index contributed by atoms with van der Waals surface area (Å²) in [6.07, 6.45) is 0.508. The highest BCUT2D eigenvalue weighted by atomic mass is 35.5. The van der Waals surface area contributed by atoms with Crippen molar-refractivity contribution in [3.8, 4) is 0 Å². The first-order valence-corrected chi connectivity index (χ1v) is 6.63. The van der Waals surface area contributed by atoms with Gasteiger partial charge in [-0.1, -0.05) is 36.4 Å². The second-order valence-electron chi connectivity index (χ2n) is 4.75. The van der Waals surface area contributed by atoms with Crippen molar-refractivity contribution in [3.05, 3.63) is 48.0 Å². The number of hydrogen-bond acceptors (Lipinski definition) is 2. The molecule has 1 unspecified atom stereocenters. The van der Waals surface area contributed by atoms with Crippen LogP contribution in [0.3, 0.4) is 0 Å². The molecule has 0 radical (unpaired) electrons. The fraction of sp³-hybridized carbons (Fsp3) is 0.312. The fourth-order valence-corrected chi connectivity index (χ4v) is 2.11. The molecule has 1 atom stereocenters. The van der Waals surface area contributed by atoms with Crippen LogP contribution in [-0.4, -0.2) is 19.5 Å². The Morgan fingerprint density at radius 1 is 1.15 bits per heavy atom. The number of benzene rings is 2. The number of carbonyl (C=O) groups is 1. The summed E-state index contributed by atoms with van der Waals surface area (Å²) in [4.78, 5) is 11.7. The predicted octanol–water partition coefficient (Wildman–Crippen LogP) is 3.05. The van der Waals surface area contributed by atoms with Gasteiger partial charge in [-0.3, -0.25) is 4.79 Å². The Hall–Kier alpha value is -1.58. The largest absolute Gasteiger partial charge is 0.350 e. The molecule has 2 aromatic rings. The zero-order chi connectivity index (χ0) is 13.7. The van der Waals surface area contributed by atoms with Crippen molar-refractivity contribution in [2.45, 2.75) is 19.4 Å². The molecule has 4 heteroatoms. The summed E-state index contributed by atoms with van der Waals surface area (Å²) < 4.78 is 0. The van der Waals surface area contributed by atoms with E-state index in [4.69, 9.17) is 0 Å². The van der Waals surface area contributed by atoms with Crippen molar-refractivity contribution in [2.75, 3.05) is 13.6 Å². The average molecular weight is 293 g/mol. The van der Waals surface area contributed by atoms with Gasteiger partial charge in [-0.15, -0.1) is 12.4 Å². The van der Waals surface area contributed by atoms with Gasteiger partial charge in [0.1, 0.15) is 0 Å². The molecule has 20 heavy (non-hydrogen) atoms. The minimum Gasteiger partial charge on any atom is -0.350 e. The molecule has 0 aliphatic carbocycles. The van der Waals surface area contributed by atoms with E-state index in [1.54, 1.807) is 0 Å². The fourth-order valence-electron chi connectivity index (χ4n) is 2.11. The molecule has 3 nitrogen and oxygen atoms in total. The average Bonchev–Trinajstić information content (AvgIpc) is 2.44. The molecule has 108 valence electrons. The van der Waals surface area contributed by atoms with Crippen molar-refractivity contribution in [2.24, 2.45) is 0 Å². The molecule has 0 fully saturated rings. The van der Waals surface area contributed by atoms with Gasteiger partial charge in [0.05, 0.1) is 6.04 Å². The lowest BCUT2D eigenvalue weighted by Gasteiger charge is -2.15. The van der Waals surface area contributed by atoms with Crippen molar-refractivity contribution < 1.29 is 4.79 Å². The van der Waals surface area contributed by atoms with E-state index in [0.29, 0.717) is 13.0 Å². The van der Waals surface area contributed by atoms with Crippen LogP contribution in [0.2, 0.25) is 0 Å². The molecule has 0 heterocycles. The SMILES string of the molecule is CNCCC(=O)NC(C)c1ccc2ccccc2c1.Cl. The van der Waals surface area contributed by atoms with Gasteiger partial charge >= 0.3 is 0 Å². The van der Waals surface area contributed by atoms with E-state index in [9.17, 15) is 4.79 Å². The zero-order valence-electron chi connectivity index (χ0n) is 11.8. The maximum atomic E-state index is 11.7. The molecule has 1 amide bonds. The van der Waals surface area contributed by atoms with Gasteiger partial charge in [0.15, 0.2) is 0 Å². The maximum Gasteiger partial charge on any atom is 0.221 e. The summed E-state index contributed by atoms with van der Waals surface area (Å²) in [5, 5.41) is 8.42. The predicted molar refractivity (Wildman–Crippen MR) is 86.3 cm³/mol. The van der Waals surface area contributed by atoms with Crippen LogP contribution in [0.4, 0.5) is 0 Å². The molecule has 0 bridgehead atoms. The molecule has 2 N–H and O–H groups in total. The Morgan fingerprint density at radius 3 is 2.55 bits per heavy atom. The normalized spacial score (nSPS) is 11.7. The zero-order valence-corrected chi connectivity index (χ0v) is 12.7. The van der Waals surface area contributed by atoms with Gasteiger partial charge < -0.3 is 10.6 Å². The van der Waals surface area contributed by atoms with E-state index in [-0.39, 0.29) is 24.4 Å². The Morgan fingerprint density at radius 2 is 1.85 bits per heavy atom. The van der Waals surface area contributed by atoms with Crippen molar-refractivity contribution in [3.63, 3.8) is 0 Å². The minimum absolute atomic E-state index is 0. The topological polar surface area (TPSA) is 41.1 Å². The lowest BCUT2D eigenvalue weighted by Crippen LogP contribution is -2.29. The van der Waals surface area contributed by atoms with E-state index >= 15 is 0 Å². The molecule has 0 saturated heterocycles. The van der Waals surface area contributed by atoms with E-state index in [2.05, 4.69) is 41.0 Å². The highest BCUT2D eigenvalue weighted by Crippen LogP contribution is 2.20. The smallest absolute Gasteiger partial charge is 0.221 e. The summed E-state index contributed by atoms with van der Waals surface area (Å²) in [6, 6.07) is 14.6. The van der Waals surface area contributed by atoms with Crippen molar-refractivity contribution in [1.29, 1.82) is 0 Å². The third-order valence-corrected chi connectivity index (χ3v) is 3.25. The second kappa shape index (κ2) is 7.88. The Bertz CT molecular complexity index is 571. The third-order valence-electron chi connectivity index (χ3n) is 3.25. The first-order chi connectivity index (χ1) is 9.20. The van der Waals surface area contributed by atoms with Gasteiger partial charge in [-0.25, -0.2) is 0 Å². The van der Waals surface area contributed by atoms with Gasteiger partial charge in [-0.05, 0) is 36.4 Å². The number of rotatable bonds is 5. The minimum atomic E-state index is 0. The Labute approximate surface area is 126 Å². The van der Waals surface area contributed by atoms with E-state index in [1.165, 1.54) is 10.8 Å². The number of amides is 1. The van der Waals surface area contributed by atoms with Crippen molar-refractivity contribution in [1.82, 2.24) is 10.6 Å². The molecule has 2 aromatic carbocycles.